The lowest BCUT2D eigenvalue weighted by Gasteiger charge is -2.29. The maximum absolute atomic E-state index is 13.3. The first-order chi connectivity index (χ1) is 16.6. The smallest absolute Gasteiger partial charge is 0.274 e. The van der Waals surface area contributed by atoms with Gasteiger partial charge >= 0.3 is 0 Å². The Morgan fingerprint density at radius 2 is 2.00 bits per heavy atom. The van der Waals surface area contributed by atoms with Crippen LogP contribution in [0, 0.1) is 0 Å². The average molecular weight is 464 g/mol. The molecule has 2 saturated carbocycles. The lowest BCUT2D eigenvalue weighted by Crippen LogP contribution is -2.33. The van der Waals surface area contributed by atoms with Crippen molar-refractivity contribution < 1.29 is 4.74 Å². The van der Waals surface area contributed by atoms with E-state index in [0.717, 1.165) is 55.6 Å². The van der Waals surface area contributed by atoms with Crippen LogP contribution >= 0.6 is 0 Å². The third-order valence-electron chi connectivity index (χ3n) is 7.14. The zero-order valence-corrected chi connectivity index (χ0v) is 19.9. The zero-order valence-electron chi connectivity index (χ0n) is 19.9. The molecule has 180 valence electrons. The van der Waals surface area contributed by atoms with Crippen molar-refractivity contribution in [2.45, 2.75) is 63.1 Å². The lowest BCUT2D eigenvalue weighted by molar-refractivity contribution is 0.0580. The molecule has 0 spiro atoms. The van der Waals surface area contributed by atoms with E-state index >= 15 is 0 Å². The number of rotatable bonds is 8. The SMILES string of the molecule is C=C(NC1CCC1)c1cnn2c(NC)cc(Nc3cccn(C4CCC(OC)CC4)c3=O)nc12. The first-order valence-corrected chi connectivity index (χ1v) is 12.1. The van der Waals surface area contributed by atoms with E-state index in [-0.39, 0.29) is 11.6 Å². The van der Waals surface area contributed by atoms with Gasteiger partial charge in [0.1, 0.15) is 17.3 Å². The largest absolute Gasteiger partial charge is 0.382 e. The fraction of sp³-hybridized carbons (Fsp3) is 0.480. The Labute approximate surface area is 199 Å². The summed E-state index contributed by atoms with van der Waals surface area (Å²) in [6, 6.07) is 6.23. The van der Waals surface area contributed by atoms with Gasteiger partial charge in [0.25, 0.3) is 5.56 Å². The van der Waals surface area contributed by atoms with E-state index in [2.05, 4.69) is 27.6 Å². The topological polar surface area (TPSA) is 97.5 Å². The van der Waals surface area contributed by atoms with Crippen molar-refractivity contribution in [3.05, 3.63) is 53.1 Å². The molecule has 0 aliphatic heterocycles. The molecule has 0 aromatic carbocycles. The summed E-state index contributed by atoms with van der Waals surface area (Å²) in [7, 11) is 3.60. The molecule has 2 aliphatic carbocycles. The second-order valence-corrected chi connectivity index (χ2v) is 9.25. The van der Waals surface area contributed by atoms with Crippen molar-refractivity contribution in [2.24, 2.45) is 0 Å². The van der Waals surface area contributed by atoms with E-state index in [9.17, 15) is 4.79 Å². The van der Waals surface area contributed by atoms with Crippen molar-refractivity contribution >= 4 is 28.7 Å². The molecular weight excluding hydrogens is 430 g/mol. The molecule has 3 aromatic rings. The summed E-state index contributed by atoms with van der Waals surface area (Å²) in [5.41, 5.74) is 2.82. The van der Waals surface area contributed by atoms with Crippen molar-refractivity contribution in [3.8, 4) is 0 Å². The van der Waals surface area contributed by atoms with E-state index in [0.29, 0.717) is 29.3 Å². The fourth-order valence-electron chi connectivity index (χ4n) is 4.88. The predicted octanol–water partition coefficient (Wildman–Crippen LogP) is 3.92. The van der Waals surface area contributed by atoms with Gasteiger partial charge in [-0.15, -0.1) is 0 Å². The van der Waals surface area contributed by atoms with Crippen molar-refractivity contribution in [1.82, 2.24) is 24.5 Å². The summed E-state index contributed by atoms with van der Waals surface area (Å²) in [5, 5.41) is 14.4. The van der Waals surface area contributed by atoms with Crippen molar-refractivity contribution in [3.63, 3.8) is 0 Å². The van der Waals surface area contributed by atoms with Gasteiger partial charge in [-0.3, -0.25) is 4.79 Å². The van der Waals surface area contributed by atoms with Gasteiger partial charge < -0.3 is 25.3 Å². The fourth-order valence-corrected chi connectivity index (χ4v) is 4.88. The number of aromatic nitrogens is 4. The average Bonchev–Trinajstić information content (AvgIpc) is 3.26. The van der Waals surface area contributed by atoms with Crippen LogP contribution in [-0.4, -0.2) is 45.5 Å². The van der Waals surface area contributed by atoms with E-state index in [1.165, 1.54) is 6.42 Å². The van der Waals surface area contributed by atoms with Gasteiger partial charge in [0.15, 0.2) is 5.65 Å². The predicted molar refractivity (Wildman–Crippen MR) is 135 cm³/mol. The van der Waals surface area contributed by atoms with Crippen LogP contribution in [0.5, 0.6) is 0 Å². The highest BCUT2D eigenvalue weighted by molar-refractivity contribution is 5.76. The number of methoxy groups -OCH3 is 1. The number of nitrogens with one attached hydrogen (secondary N) is 3. The van der Waals surface area contributed by atoms with Gasteiger partial charge in [0.05, 0.1) is 17.9 Å². The number of anilines is 3. The highest BCUT2D eigenvalue weighted by atomic mass is 16.5. The van der Waals surface area contributed by atoms with Gasteiger partial charge in [0.2, 0.25) is 0 Å². The molecule has 3 heterocycles. The zero-order chi connectivity index (χ0) is 23.7. The number of pyridine rings is 1. The monoisotopic (exact) mass is 463 g/mol. The highest BCUT2D eigenvalue weighted by Crippen LogP contribution is 2.30. The number of fused-ring (bicyclic) bond motifs is 1. The minimum Gasteiger partial charge on any atom is -0.382 e. The van der Waals surface area contributed by atoms with Crippen molar-refractivity contribution in [1.29, 1.82) is 0 Å². The maximum Gasteiger partial charge on any atom is 0.274 e. The third kappa shape index (κ3) is 4.27. The Kier molecular flexibility index (Phi) is 6.28. The van der Waals surface area contributed by atoms with Gasteiger partial charge in [-0.05, 0) is 57.1 Å². The van der Waals surface area contributed by atoms with Crippen LogP contribution in [0.25, 0.3) is 11.3 Å². The van der Waals surface area contributed by atoms with Crippen LogP contribution in [0.15, 0.2) is 42.0 Å². The summed E-state index contributed by atoms with van der Waals surface area (Å²) >= 11 is 0. The quantitative estimate of drug-likeness (QED) is 0.466. The number of ether oxygens (including phenoxy) is 1. The van der Waals surface area contributed by atoms with Crippen LogP contribution in [0.2, 0.25) is 0 Å². The maximum atomic E-state index is 13.3. The van der Waals surface area contributed by atoms with Gasteiger partial charge in [0, 0.05) is 44.2 Å². The molecular formula is C25H33N7O2. The molecule has 3 N–H and O–H groups in total. The minimum absolute atomic E-state index is 0.0409. The molecule has 5 rings (SSSR count). The molecule has 0 atom stereocenters. The van der Waals surface area contributed by atoms with E-state index in [1.54, 1.807) is 23.9 Å². The van der Waals surface area contributed by atoms with Crippen LogP contribution < -0.4 is 21.5 Å². The second-order valence-electron chi connectivity index (χ2n) is 9.25. The van der Waals surface area contributed by atoms with Gasteiger partial charge in [-0.25, -0.2) is 4.98 Å². The molecule has 2 fully saturated rings. The molecule has 0 amide bonds. The Bertz CT molecular complexity index is 1240. The second kappa shape index (κ2) is 9.50. The molecule has 2 aliphatic rings. The van der Waals surface area contributed by atoms with E-state index < -0.39 is 0 Å². The summed E-state index contributed by atoms with van der Waals surface area (Å²) < 4.78 is 9.09. The Morgan fingerprint density at radius 1 is 1.21 bits per heavy atom. The Balaban J connectivity index is 1.43. The summed E-state index contributed by atoms with van der Waals surface area (Å²) in [4.78, 5) is 18.1. The molecule has 0 unspecified atom stereocenters. The summed E-state index contributed by atoms with van der Waals surface area (Å²) in [6.07, 6.45) is 11.3. The number of hydrogen-bond donors (Lipinski definition) is 3. The van der Waals surface area contributed by atoms with Gasteiger partial charge in [-0.1, -0.05) is 6.58 Å². The van der Waals surface area contributed by atoms with Gasteiger partial charge in [-0.2, -0.15) is 9.61 Å². The lowest BCUT2D eigenvalue weighted by atomic mass is 9.92. The van der Waals surface area contributed by atoms with E-state index in [4.69, 9.17) is 9.72 Å². The number of hydrogen-bond acceptors (Lipinski definition) is 7. The highest BCUT2D eigenvalue weighted by Gasteiger charge is 2.24. The standard InChI is InChI=1S/C25H33N7O2/c1-16(28-17-6-4-7-17)20-15-27-32-23(26-2)14-22(30-24(20)32)29-21-8-5-13-31(25(21)33)18-9-11-19(34-3)12-10-18/h5,8,13-15,17-19,26,28H,1,4,6-7,9-12H2,2-3H3,(H,29,30). The van der Waals surface area contributed by atoms with E-state index in [1.807, 2.05) is 29.9 Å². The molecule has 9 nitrogen and oxygen atoms in total. The Morgan fingerprint density at radius 3 is 2.68 bits per heavy atom. The molecule has 0 radical (unpaired) electrons. The summed E-state index contributed by atoms with van der Waals surface area (Å²) in [6.45, 7) is 4.22. The van der Waals surface area contributed by atoms with Crippen LogP contribution in [0.3, 0.4) is 0 Å². The normalized spacial score (nSPS) is 20.6. The first-order valence-electron chi connectivity index (χ1n) is 12.1. The van der Waals surface area contributed by atoms with Crippen molar-refractivity contribution in [2.75, 3.05) is 24.8 Å². The van der Waals surface area contributed by atoms with Crippen LogP contribution in [0.1, 0.15) is 56.6 Å². The molecule has 9 heteroatoms. The van der Waals surface area contributed by atoms with Crippen LogP contribution in [0.4, 0.5) is 17.3 Å². The third-order valence-corrected chi connectivity index (χ3v) is 7.14. The molecule has 34 heavy (non-hydrogen) atoms. The summed E-state index contributed by atoms with van der Waals surface area (Å²) in [5.74, 6) is 1.34. The molecule has 0 bridgehead atoms. The number of nitrogens with zero attached hydrogens (tertiary/aromatic N) is 4. The molecule has 3 aromatic heterocycles. The Hall–Kier alpha value is -3.33. The first kappa shape index (κ1) is 22.5. The van der Waals surface area contributed by atoms with Crippen LogP contribution in [-0.2, 0) is 4.74 Å². The molecule has 0 saturated heterocycles. The minimum atomic E-state index is -0.0409.